The van der Waals surface area contributed by atoms with Crippen molar-refractivity contribution in [2.45, 2.75) is 13.3 Å². The van der Waals surface area contributed by atoms with Crippen LogP contribution in [0.2, 0.25) is 0 Å². The van der Waals surface area contributed by atoms with Crippen molar-refractivity contribution in [2.75, 3.05) is 39.3 Å². The highest BCUT2D eigenvalue weighted by Gasteiger charge is 2.17. The summed E-state index contributed by atoms with van der Waals surface area (Å²) in [5.74, 6) is 0.333. The Hall–Kier alpha value is -3.06. The number of hydrogen-bond acceptors (Lipinski definition) is 5. The van der Waals surface area contributed by atoms with Crippen LogP contribution in [0.3, 0.4) is 0 Å². The molecule has 0 atom stereocenters. The quantitative estimate of drug-likeness (QED) is 0.613. The summed E-state index contributed by atoms with van der Waals surface area (Å²) in [7, 11) is 3.02. The molecular formula is C21H26N2O5. The number of ether oxygens (including phenoxy) is 3. The fourth-order valence-electron chi connectivity index (χ4n) is 2.58. The summed E-state index contributed by atoms with van der Waals surface area (Å²) in [5, 5.41) is 5.62. The molecule has 150 valence electrons. The second kappa shape index (κ2) is 10.9. The van der Waals surface area contributed by atoms with Crippen molar-refractivity contribution in [3.05, 3.63) is 53.6 Å². The molecule has 7 nitrogen and oxygen atoms in total. The molecule has 2 N–H and O–H groups in total. The van der Waals surface area contributed by atoms with E-state index in [1.54, 1.807) is 42.5 Å². The highest BCUT2D eigenvalue weighted by Crippen LogP contribution is 2.26. The average Bonchev–Trinajstić information content (AvgIpc) is 2.73. The van der Waals surface area contributed by atoms with Crippen LogP contribution in [-0.2, 0) is 4.74 Å². The maximum absolute atomic E-state index is 12.7. The molecule has 0 radical (unpaired) electrons. The number of para-hydroxylation sites is 1. The second-order valence-electron chi connectivity index (χ2n) is 5.87. The first kappa shape index (κ1) is 21.2. The average molecular weight is 386 g/mol. The molecule has 7 heteroatoms. The minimum absolute atomic E-state index is 0.255. The van der Waals surface area contributed by atoms with Crippen molar-refractivity contribution >= 4 is 17.5 Å². The number of hydrogen-bond donors (Lipinski definition) is 2. The number of amides is 2. The normalized spacial score (nSPS) is 10.2. The molecule has 0 saturated heterocycles. The lowest BCUT2D eigenvalue weighted by Crippen LogP contribution is -2.27. The van der Waals surface area contributed by atoms with Crippen LogP contribution in [0.25, 0.3) is 0 Å². The zero-order chi connectivity index (χ0) is 20.4. The van der Waals surface area contributed by atoms with Gasteiger partial charge in [-0.2, -0.15) is 0 Å². The maximum atomic E-state index is 12.7. The van der Waals surface area contributed by atoms with E-state index in [9.17, 15) is 9.59 Å². The van der Waals surface area contributed by atoms with E-state index in [1.165, 1.54) is 14.2 Å². The predicted octanol–water partition coefficient (Wildman–Crippen LogP) is 3.11. The molecule has 0 aliphatic heterocycles. The smallest absolute Gasteiger partial charge is 0.259 e. The van der Waals surface area contributed by atoms with E-state index in [2.05, 4.69) is 10.6 Å². The van der Waals surface area contributed by atoms with Crippen LogP contribution in [0.4, 0.5) is 5.69 Å². The van der Waals surface area contributed by atoms with Crippen molar-refractivity contribution < 1.29 is 23.8 Å². The minimum atomic E-state index is -0.379. The summed E-state index contributed by atoms with van der Waals surface area (Å²) in [6.07, 6.45) is 0.719. The molecular weight excluding hydrogens is 360 g/mol. The zero-order valence-corrected chi connectivity index (χ0v) is 16.4. The van der Waals surface area contributed by atoms with Crippen molar-refractivity contribution in [3.63, 3.8) is 0 Å². The first-order valence-electron chi connectivity index (χ1n) is 9.09. The lowest BCUT2D eigenvalue weighted by molar-refractivity contribution is 0.0945. The van der Waals surface area contributed by atoms with Crippen molar-refractivity contribution in [1.82, 2.24) is 5.32 Å². The molecule has 0 bridgehead atoms. The number of benzene rings is 2. The van der Waals surface area contributed by atoms with Crippen LogP contribution in [0, 0.1) is 0 Å². The Morgan fingerprint density at radius 2 is 1.75 bits per heavy atom. The Kier molecular flexibility index (Phi) is 8.30. The highest BCUT2D eigenvalue weighted by molar-refractivity contribution is 6.10. The molecule has 0 aromatic heterocycles. The van der Waals surface area contributed by atoms with Gasteiger partial charge in [-0.25, -0.2) is 0 Å². The van der Waals surface area contributed by atoms with Crippen LogP contribution in [-0.4, -0.2) is 45.8 Å². The van der Waals surface area contributed by atoms with Crippen LogP contribution < -0.4 is 20.1 Å². The van der Waals surface area contributed by atoms with Gasteiger partial charge in [-0.15, -0.1) is 0 Å². The van der Waals surface area contributed by atoms with Crippen molar-refractivity contribution in [3.8, 4) is 11.5 Å². The van der Waals surface area contributed by atoms with Gasteiger partial charge in [-0.3, -0.25) is 9.59 Å². The number of anilines is 1. The monoisotopic (exact) mass is 386 g/mol. The number of carbonyl (C=O) groups is 2. The lowest BCUT2D eigenvalue weighted by Gasteiger charge is -2.13. The van der Waals surface area contributed by atoms with Gasteiger partial charge >= 0.3 is 0 Å². The third-order valence-corrected chi connectivity index (χ3v) is 4.03. The molecule has 2 rings (SSSR count). The fourth-order valence-corrected chi connectivity index (χ4v) is 2.58. The van der Waals surface area contributed by atoms with Gasteiger partial charge in [0, 0.05) is 25.8 Å². The summed E-state index contributed by atoms with van der Waals surface area (Å²) in [5.41, 5.74) is 1.16. The van der Waals surface area contributed by atoms with E-state index in [0.29, 0.717) is 48.1 Å². The van der Waals surface area contributed by atoms with Crippen LogP contribution >= 0.6 is 0 Å². The molecule has 0 spiro atoms. The standard InChI is InChI=1S/C21H26N2O5/c1-4-28-13-7-12-22-20(24)16-8-5-6-9-18(16)23-21(25)17-11-10-15(26-2)14-19(17)27-3/h5-6,8-11,14H,4,7,12-13H2,1-3H3,(H,22,24)(H,23,25). The third kappa shape index (κ3) is 5.72. The highest BCUT2D eigenvalue weighted by atomic mass is 16.5. The maximum Gasteiger partial charge on any atom is 0.259 e. The van der Waals surface area contributed by atoms with Gasteiger partial charge in [0.25, 0.3) is 11.8 Å². The van der Waals surface area contributed by atoms with Crippen LogP contribution in [0.5, 0.6) is 11.5 Å². The van der Waals surface area contributed by atoms with E-state index >= 15 is 0 Å². The largest absolute Gasteiger partial charge is 0.497 e. The fraction of sp³-hybridized carbons (Fsp3) is 0.333. The molecule has 0 unspecified atom stereocenters. The van der Waals surface area contributed by atoms with E-state index in [-0.39, 0.29) is 11.8 Å². The molecule has 0 saturated carbocycles. The Labute approximate surface area is 165 Å². The molecule has 0 fully saturated rings. The topological polar surface area (TPSA) is 85.9 Å². The van der Waals surface area contributed by atoms with E-state index < -0.39 is 0 Å². The Bertz CT molecular complexity index is 807. The molecule has 2 aromatic carbocycles. The molecule has 0 heterocycles. The summed E-state index contributed by atoms with van der Waals surface area (Å²) in [4.78, 5) is 25.2. The second-order valence-corrected chi connectivity index (χ2v) is 5.87. The predicted molar refractivity (Wildman–Crippen MR) is 107 cm³/mol. The SMILES string of the molecule is CCOCCCNC(=O)c1ccccc1NC(=O)c1ccc(OC)cc1OC. The lowest BCUT2D eigenvalue weighted by atomic mass is 10.1. The summed E-state index contributed by atoms with van der Waals surface area (Å²) in [6.45, 7) is 3.66. The van der Waals surface area contributed by atoms with Crippen molar-refractivity contribution in [1.29, 1.82) is 0 Å². The molecule has 0 aliphatic rings. The van der Waals surface area contributed by atoms with Gasteiger partial charge in [0.15, 0.2) is 0 Å². The van der Waals surface area contributed by atoms with E-state index in [0.717, 1.165) is 6.42 Å². The summed E-state index contributed by atoms with van der Waals surface area (Å²) in [6, 6.07) is 11.8. The van der Waals surface area contributed by atoms with Crippen molar-refractivity contribution in [2.24, 2.45) is 0 Å². The number of carbonyl (C=O) groups excluding carboxylic acids is 2. The van der Waals surface area contributed by atoms with E-state index in [4.69, 9.17) is 14.2 Å². The molecule has 28 heavy (non-hydrogen) atoms. The number of nitrogens with one attached hydrogen (secondary N) is 2. The van der Waals surface area contributed by atoms with Gasteiger partial charge in [0.05, 0.1) is 31.0 Å². The zero-order valence-electron chi connectivity index (χ0n) is 16.4. The van der Waals surface area contributed by atoms with Gasteiger partial charge in [-0.1, -0.05) is 12.1 Å². The Balaban J connectivity index is 2.10. The van der Waals surface area contributed by atoms with Gasteiger partial charge < -0.3 is 24.8 Å². The number of rotatable bonds is 10. The summed E-state index contributed by atoms with van der Waals surface area (Å²) < 4.78 is 15.7. The molecule has 2 amide bonds. The minimum Gasteiger partial charge on any atom is -0.497 e. The first-order chi connectivity index (χ1) is 13.6. The number of methoxy groups -OCH3 is 2. The van der Waals surface area contributed by atoms with E-state index in [1.807, 2.05) is 6.92 Å². The van der Waals surface area contributed by atoms with Gasteiger partial charge in [0.1, 0.15) is 11.5 Å². The Morgan fingerprint density at radius 1 is 0.964 bits per heavy atom. The van der Waals surface area contributed by atoms with Gasteiger partial charge in [0.2, 0.25) is 0 Å². The van der Waals surface area contributed by atoms with Gasteiger partial charge in [-0.05, 0) is 37.6 Å². The molecule has 2 aromatic rings. The van der Waals surface area contributed by atoms with Crippen LogP contribution in [0.1, 0.15) is 34.1 Å². The van der Waals surface area contributed by atoms with Crippen LogP contribution in [0.15, 0.2) is 42.5 Å². The molecule has 0 aliphatic carbocycles. The summed E-state index contributed by atoms with van der Waals surface area (Å²) >= 11 is 0. The first-order valence-corrected chi connectivity index (χ1v) is 9.09. The Morgan fingerprint density at radius 3 is 2.46 bits per heavy atom. The third-order valence-electron chi connectivity index (χ3n) is 4.03.